The highest BCUT2D eigenvalue weighted by atomic mass is 35.5. The third-order valence-electron chi connectivity index (χ3n) is 9.29. The molecule has 0 radical (unpaired) electrons. The van der Waals surface area contributed by atoms with Gasteiger partial charge in [0.05, 0.1) is 18.1 Å². The molecule has 6 rings (SSSR count). The molecule has 4 aliphatic rings. The number of hydrogen-bond acceptors (Lipinski definition) is 7. The van der Waals surface area contributed by atoms with Gasteiger partial charge in [0.25, 0.3) is 5.91 Å². The van der Waals surface area contributed by atoms with Crippen molar-refractivity contribution in [1.82, 2.24) is 10.2 Å². The molecule has 2 N–H and O–H groups in total. The summed E-state index contributed by atoms with van der Waals surface area (Å²) in [6.07, 6.45) is 6.91. The molecule has 0 saturated carbocycles. The van der Waals surface area contributed by atoms with Crippen molar-refractivity contribution in [2.45, 2.75) is 62.5 Å². The molecular weight excluding hydrogens is 610 g/mol. The SMILES string of the molecule is C[C@@H]1NC(=O)CC/C=C\[C@@H]2O[C@@]34C=CCN(c5ccc(Cl)cc5)C(=O)[C@@H]3N(CCCCO)C(=O)[C@H]4[C@@H]2C(=O)O[C@H]1c1ccccc1. The number of aliphatic hydroxyl groups excluding tert-OH is 1. The molecule has 0 unspecified atom stereocenters. The molecule has 2 saturated heterocycles. The Labute approximate surface area is 273 Å². The zero-order valence-corrected chi connectivity index (χ0v) is 26.3. The van der Waals surface area contributed by atoms with Crippen molar-refractivity contribution < 1.29 is 33.8 Å². The maximum atomic E-state index is 14.5. The van der Waals surface area contributed by atoms with E-state index in [9.17, 15) is 24.3 Å². The Hall–Kier alpha value is -3.99. The summed E-state index contributed by atoms with van der Waals surface area (Å²) in [6, 6.07) is 14.5. The van der Waals surface area contributed by atoms with Gasteiger partial charge in [0.2, 0.25) is 11.8 Å². The Bertz CT molecular complexity index is 1530. The third kappa shape index (κ3) is 5.85. The fourth-order valence-corrected chi connectivity index (χ4v) is 7.32. The van der Waals surface area contributed by atoms with E-state index >= 15 is 0 Å². The molecule has 0 bridgehead atoms. The number of likely N-dealkylation sites (tertiary alicyclic amines) is 1. The van der Waals surface area contributed by atoms with E-state index in [2.05, 4.69) is 5.32 Å². The monoisotopic (exact) mass is 647 g/mol. The summed E-state index contributed by atoms with van der Waals surface area (Å²) in [5.74, 6) is -3.63. The van der Waals surface area contributed by atoms with Crippen LogP contribution in [0.1, 0.15) is 44.3 Å². The predicted octanol–water partition coefficient (Wildman–Crippen LogP) is 3.74. The van der Waals surface area contributed by atoms with Crippen LogP contribution in [0, 0.1) is 11.8 Å². The van der Waals surface area contributed by atoms with Crippen LogP contribution in [-0.4, -0.2) is 77.2 Å². The number of rotatable bonds is 6. The molecule has 242 valence electrons. The largest absolute Gasteiger partial charge is 0.455 e. The first-order valence-electron chi connectivity index (χ1n) is 15.8. The molecule has 2 aromatic rings. The van der Waals surface area contributed by atoms with Gasteiger partial charge < -0.3 is 29.7 Å². The van der Waals surface area contributed by atoms with Gasteiger partial charge in [-0.05, 0) is 56.0 Å². The Morgan fingerprint density at radius 2 is 1.76 bits per heavy atom. The Morgan fingerprint density at radius 3 is 2.50 bits per heavy atom. The molecule has 4 heterocycles. The van der Waals surface area contributed by atoms with Crippen LogP contribution >= 0.6 is 11.6 Å². The summed E-state index contributed by atoms with van der Waals surface area (Å²) >= 11 is 6.13. The molecule has 7 atom stereocenters. The number of unbranched alkanes of at least 4 members (excludes halogenated alkanes) is 1. The standard InChI is InChI=1S/C35H38ClN3O7/c1-22-30(23-10-3-2-4-11-23)45-34(44)28-26(12-5-6-13-27(41)37-22)46-35-18-9-20-38(25-16-14-24(36)15-17-25)33(43)31(35)39(19-7-8-21-40)32(42)29(28)35/h2-5,9-12,14-18,22,26,28-31,40H,6-8,13,19-21H2,1H3,(H,37,41)/b12-5-/t22-,26-,28+,29+,30+,31-,35+/m0/s1. The number of aliphatic hydroxyl groups is 1. The van der Waals surface area contributed by atoms with Crippen LogP contribution < -0.4 is 10.2 Å². The molecule has 0 aromatic heterocycles. The Morgan fingerprint density at radius 1 is 1.00 bits per heavy atom. The Balaban J connectivity index is 1.43. The predicted molar refractivity (Wildman–Crippen MR) is 171 cm³/mol. The van der Waals surface area contributed by atoms with Gasteiger partial charge in [0.1, 0.15) is 23.7 Å². The van der Waals surface area contributed by atoms with E-state index in [1.807, 2.05) is 36.4 Å². The van der Waals surface area contributed by atoms with Gasteiger partial charge in [0.15, 0.2) is 0 Å². The van der Waals surface area contributed by atoms with Crippen molar-refractivity contribution in [2.24, 2.45) is 11.8 Å². The molecule has 3 amide bonds. The highest BCUT2D eigenvalue weighted by Gasteiger charge is 2.71. The second-order valence-corrected chi connectivity index (χ2v) is 12.7. The van der Waals surface area contributed by atoms with Gasteiger partial charge in [-0.1, -0.05) is 66.2 Å². The lowest BCUT2D eigenvalue weighted by atomic mass is 9.77. The van der Waals surface area contributed by atoms with Crippen molar-refractivity contribution in [3.05, 3.63) is 89.5 Å². The van der Waals surface area contributed by atoms with Crippen LogP contribution in [0.25, 0.3) is 0 Å². The van der Waals surface area contributed by atoms with Crippen LogP contribution in [0.15, 0.2) is 78.9 Å². The first-order valence-corrected chi connectivity index (χ1v) is 16.2. The van der Waals surface area contributed by atoms with Gasteiger partial charge in [-0.15, -0.1) is 0 Å². The van der Waals surface area contributed by atoms with Gasteiger partial charge >= 0.3 is 5.97 Å². The molecule has 4 aliphatic heterocycles. The number of benzene rings is 2. The van der Waals surface area contributed by atoms with Gasteiger partial charge in [-0.2, -0.15) is 0 Å². The lowest BCUT2D eigenvalue weighted by Gasteiger charge is -2.35. The number of allylic oxidation sites excluding steroid dienone is 1. The van der Waals surface area contributed by atoms with Gasteiger partial charge in [-0.3, -0.25) is 19.2 Å². The second kappa shape index (κ2) is 13.4. The summed E-state index contributed by atoms with van der Waals surface area (Å²) < 4.78 is 13.0. The maximum Gasteiger partial charge on any atom is 0.313 e. The summed E-state index contributed by atoms with van der Waals surface area (Å²) in [7, 11) is 0. The molecule has 46 heavy (non-hydrogen) atoms. The van der Waals surface area contributed by atoms with E-state index in [1.165, 1.54) is 4.90 Å². The minimum atomic E-state index is -1.45. The first kappa shape index (κ1) is 32.0. The number of carbonyl (C=O) groups excluding carboxylic acids is 4. The summed E-state index contributed by atoms with van der Waals surface area (Å²) in [4.78, 5) is 59.2. The molecule has 2 aromatic carbocycles. The van der Waals surface area contributed by atoms with E-state index < -0.39 is 47.7 Å². The van der Waals surface area contributed by atoms with Crippen molar-refractivity contribution in [3.63, 3.8) is 0 Å². The second-order valence-electron chi connectivity index (χ2n) is 12.2. The number of fused-ring (bicyclic) bond motifs is 2. The van der Waals surface area contributed by atoms with Crippen LogP contribution in [0.2, 0.25) is 5.02 Å². The maximum absolute atomic E-state index is 14.5. The molecule has 2 fully saturated rings. The van der Waals surface area contributed by atoms with Crippen molar-refractivity contribution in [2.75, 3.05) is 24.6 Å². The number of cyclic esters (lactones) is 1. The number of halogens is 1. The number of ether oxygens (including phenoxy) is 2. The summed E-state index contributed by atoms with van der Waals surface area (Å²) in [6.45, 7) is 2.16. The number of esters is 1. The number of anilines is 1. The third-order valence-corrected chi connectivity index (χ3v) is 9.54. The number of hydrogen-bond donors (Lipinski definition) is 2. The van der Waals surface area contributed by atoms with E-state index in [-0.39, 0.29) is 43.8 Å². The minimum absolute atomic E-state index is 0.0556. The van der Waals surface area contributed by atoms with Crippen molar-refractivity contribution >= 4 is 41.0 Å². The van der Waals surface area contributed by atoms with E-state index in [1.54, 1.807) is 54.3 Å². The fourth-order valence-electron chi connectivity index (χ4n) is 7.19. The zero-order chi connectivity index (χ0) is 32.4. The molecule has 11 heteroatoms. The topological polar surface area (TPSA) is 125 Å². The van der Waals surface area contributed by atoms with Gasteiger partial charge in [-0.25, -0.2) is 0 Å². The number of carbonyl (C=O) groups is 4. The summed E-state index contributed by atoms with van der Waals surface area (Å²) in [5.41, 5.74) is -0.135. The molecule has 1 spiro atoms. The van der Waals surface area contributed by atoms with Crippen molar-refractivity contribution in [1.29, 1.82) is 0 Å². The number of amides is 3. The highest BCUT2D eigenvalue weighted by molar-refractivity contribution is 6.30. The smallest absolute Gasteiger partial charge is 0.313 e. The quantitative estimate of drug-likeness (QED) is 0.278. The van der Waals surface area contributed by atoms with Gasteiger partial charge in [0, 0.05) is 36.8 Å². The van der Waals surface area contributed by atoms with Crippen LogP contribution in [0.3, 0.4) is 0 Å². The Kier molecular flexibility index (Phi) is 9.31. The minimum Gasteiger partial charge on any atom is -0.455 e. The average molecular weight is 648 g/mol. The molecule has 10 nitrogen and oxygen atoms in total. The van der Waals surface area contributed by atoms with E-state index in [0.29, 0.717) is 35.5 Å². The van der Waals surface area contributed by atoms with E-state index in [0.717, 1.165) is 0 Å². The lowest BCUT2D eigenvalue weighted by Crippen LogP contribution is -2.55. The fraction of sp³-hybridized carbons (Fsp3) is 0.429. The molecular formula is C35H38ClN3O7. The van der Waals surface area contributed by atoms with Crippen LogP contribution in [0.5, 0.6) is 0 Å². The number of nitrogens with one attached hydrogen (secondary N) is 1. The average Bonchev–Trinajstić information content (AvgIpc) is 3.43. The summed E-state index contributed by atoms with van der Waals surface area (Å²) in [5, 5.41) is 13.0. The zero-order valence-electron chi connectivity index (χ0n) is 25.6. The molecule has 0 aliphatic carbocycles. The van der Waals surface area contributed by atoms with Crippen LogP contribution in [-0.2, 0) is 28.7 Å². The van der Waals surface area contributed by atoms with E-state index in [4.69, 9.17) is 21.1 Å². The first-order chi connectivity index (χ1) is 22.2. The number of nitrogens with zero attached hydrogens (tertiary/aromatic N) is 2. The lowest BCUT2D eigenvalue weighted by molar-refractivity contribution is -0.161. The van der Waals surface area contributed by atoms with Crippen molar-refractivity contribution in [3.8, 4) is 0 Å². The normalized spacial score (nSPS) is 32.0. The van der Waals surface area contributed by atoms with Crippen LogP contribution in [0.4, 0.5) is 5.69 Å². The highest BCUT2D eigenvalue weighted by Crippen LogP contribution is 2.53.